The van der Waals surface area contributed by atoms with Crippen LogP contribution in [-0.4, -0.2) is 36.9 Å². The van der Waals surface area contributed by atoms with Crippen molar-refractivity contribution in [1.29, 1.82) is 5.26 Å². The number of rotatable bonds is 6. The third-order valence-corrected chi connectivity index (χ3v) is 2.49. The van der Waals surface area contributed by atoms with Crippen molar-refractivity contribution in [3.63, 3.8) is 0 Å². The van der Waals surface area contributed by atoms with Gasteiger partial charge in [0.25, 0.3) is 5.91 Å². The molecule has 6 heteroatoms. The summed E-state index contributed by atoms with van der Waals surface area (Å²) in [5, 5.41) is 8.42. The number of hydrogen-bond acceptors (Lipinski definition) is 4. The number of nitrogens with two attached hydrogens (primary N) is 1. The summed E-state index contributed by atoms with van der Waals surface area (Å²) >= 11 is 0. The zero-order chi connectivity index (χ0) is 14.3. The molecular weight excluding hydrogens is 246 g/mol. The molecular formula is C13H15N3O3. The van der Waals surface area contributed by atoms with Crippen LogP contribution in [0.4, 0.5) is 0 Å². The first-order chi connectivity index (χ1) is 9.04. The third kappa shape index (κ3) is 4.68. The first-order valence-electron chi connectivity index (χ1n) is 5.68. The Kier molecular flexibility index (Phi) is 5.35. The highest BCUT2D eigenvalue weighted by atomic mass is 16.5. The summed E-state index contributed by atoms with van der Waals surface area (Å²) in [6.45, 7) is 0.261. The van der Waals surface area contributed by atoms with Gasteiger partial charge in [-0.05, 0) is 24.3 Å². The van der Waals surface area contributed by atoms with E-state index in [1.807, 2.05) is 6.07 Å². The van der Waals surface area contributed by atoms with Crippen molar-refractivity contribution in [3.8, 4) is 11.8 Å². The molecule has 0 saturated heterocycles. The second-order valence-corrected chi connectivity index (χ2v) is 3.90. The number of likely N-dealkylation sites (N-methyl/N-ethyl adjacent to an activating group) is 1. The van der Waals surface area contributed by atoms with Gasteiger partial charge in [-0.2, -0.15) is 5.26 Å². The molecule has 0 aliphatic rings. The van der Waals surface area contributed by atoms with Crippen molar-refractivity contribution in [2.45, 2.75) is 6.42 Å². The van der Waals surface area contributed by atoms with Crippen molar-refractivity contribution in [1.82, 2.24) is 4.90 Å². The molecule has 100 valence electrons. The maximum Gasteiger partial charge on any atom is 0.260 e. The van der Waals surface area contributed by atoms with Crippen LogP contribution in [0.5, 0.6) is 5.75 Å². The average Bonchev–Trinajstić information content (AvgIpc) is 2.42. The Morgan fingerprint density at radius 1 is 1.37 bits per heavy atom. The molecule has 0 heterocycles. The van der Waals surface area contributed by atoms with Gasteiger partial charge < -0.3 is 15.4 Å². The van der Waals surface area contributed by atoms with Crippen molar-refractivity contribution in [3.05, 3.63) is 29.8 Å². The lowest BCUT2D eigenvalue weighted by Gasteiger charge is -2.15. The van der Waals surface area contributed by atoms with Gasteiger partial charge in [0, 0.05) is 19.2 Å². The van der Waals surface area contributed by atoms with E-state index >= 15 is 0 Å². The third-order valence-electron chi connectivity index (χ3n) is 2.49. The fourth-order valence-electron chi connectivity index (χ4n) is 1.31. The van der Waals surface area contributed by atoms with Gasteiger partial charge in [0.1, 0.15) is 5.75 Å². The summed E-state index contributed by atoms with van der Waals surface area (Å²) in [7, 11) is 1.61. The van der Waals surface area contributed by atoms with Crippen LogP contribution in [0.1, 0.15) is 16.8 Å². The molecule has 6 nitrogen and oxygen atoms in total. The fourth-order valence-corrected chi connectivity index (χ4v) is 1.31. The molecule has 0 aliphatic carbocycles. The lowest BCUT2D eigenvalue weighted by molar-refractivity contribution is -0.131. The second kappa shape index (κ2) is 7.01. The number of ether oxygens (including phenoxy) is 1. The van der Waals surface area contributed by atoms with Gasteiger partial charge in [0.15, 0.2) is 6.61 Å². The standard InChI is InChI=1S/C13H15N3O3/c1-16(8-2-7-14)12(17)9-19-11-5-3-10(4-6-11)13(15)18/h3-6H,2,8-9H2,1H3,(H2,15,18). The molecule has 0 saturated carbocycles. The van der Waals surface area contributed by atoms with E-state index < -0.39 is 5.91 Å². The van der Waals surface area contributed by atoms with Crippen LogP contribution in [0.3, 0.4) is 0 Å². The highest BCUT2D eigenvalue weighted by Crippen LogP contribution is 2.11. The summed E-state index contributed by atoms with van der Waals surface area (Å²) in [5.74, 6) is -0.250. The Morgan fingerprint density at radius 3 is 2.53 bits per heavy atom. The number of primary amides is 1. The summed E-state index contributed by atoms with van der Waals surface area (Å²) in [5.41, 5.74) is 5.48. The van der Waals surface area contributed by atoms with Gasteiger partial charge >= 0.3 is 0 Å². The van der Waals surface area contributed by atoms with Gasteiger partial charge in [-0.15, -0.1) is 0 Å². The normalized spacial score (nSPS) is 9.47. The Balaban J connectivity index is 2.46. The molecule has 2 amide bonds. The number of nitriles is 1. The van der Waals surface area contributed by atoms with E-state index in [2.05, 4.69) is 0 Å². The Bertz CT molecular complexity index is 491. The summed E-state index contributed by atoms with van der Waals surface area (Å²) in [4.78, 5) is 23.9. The van der Waals surface area contributed by atoms with E-state index in [0.717, 1.165) is 0 Å². The summed E-state index contributed by atoms with van der Waals surface area (Å²) in [6, 6.07) is 8.17. The van der Waals surface area contributed by atoms with Gasteiger partial charge in [-0.3, -0.25) is 9.59 Å². The summed E-state index contributed by atoms with van der Waals surface area (Å²) < 4.78 is 5.28. The molecule has 1 aromatic rings. The minimum Gasteiger partial charge on any atom is -0.484 e. The van der Waals surface area contributed by atoms with Crippen LogP contribution in [0, 0.1) is 11.3 Å². The van der Waals surface area contributed by atoms with Crippen LogP contribution in [-0.2, 0) is 4.79 Å². The highest BCUT2D eigenvalue weighted by Gasteiger charge is 2.09. The number of carbonyl (C=O) groups is 2. The predicted octanol–water partition coefficient (Wildman–Crippen LogP) is 0.536. The minimum atomic E-state index is -0.515. The molecule has 0 fully saturated rings. The van der Waals surface area contributed by atoms with Gasteiger partial charge in [0.2, 0.25) is 5.91 Å². The van der Waals surface area contributed by atoms with Crippen molar-refractivity contribution in [2.24, 2.45) is 5.73 Å². The molecule has 1 aromatic carbocycles. The van der Waals surface area contributed by atoms with Gasteiger partial charge in [0.05, 0.1) is 12.5 Å². The van der Waals surface area contributed by atoms with E-state index in [-0.39, 0.29) is 18.9 Å². The van der Waals surface area contributed by atoms with Crippen LogP contribution in [0.2, 0.25) is 0 Å². The van der Waals surface area contributed by atoms with E-state index in [1.165, 1.54) is 17.0 Å². The maximum atomic E-state index is 11.6. The van der Waals surface area contributed by atoms with E-state index in [4.69, 9.17) is 15.7 Å². The van der Waals surface area contributed by atoms with Crippen LogP contribution < -0.4 is 10.5 Å². The Labute approximate surface area is 111 Å². The molecule has 0 radical (unpaired) electrons. The topological polar surface area (TPSA) is 96.4 Å². The molecule has 0 spiro atoms. The zero-order valence-corrected chi connectivity index (χ0v) is 10.6. The number of benzene rings is 1. The molecule has 0 aromatic heterocycles. The Hall–Kier alpha value is -2.55. The molecule has 2 N–H and O–H groups in total. The van der Waals surface area contributed by atoms with E-state index in [9.17, 15) is 9.59 Å². The largest absolute Gasteiger partial charge is 0.484 e. The molecule has 0 bridgehead atoms. The smallest absolute Gasteiger partial charge is 0.260 e. The molecule has 0 aliphatic heterocycles. The Morgan fingerprint density at radius 2 is 2.00 bits per heavy atom. The molecule has 0 unspecified atom stereocenters. The number of hydrogen-bond donors (Lipinski definition) is 1. The van der Waals surface area contributed by atoms with E-state index in [1.54, 1.807) is 19.2 Å². The van der Waals surface area contributed by atoms with Gasteiger partial charge in [-0.25, -0.2) is 0 Å². The first-order valence-corrected chi connectivity index (χ1v) is 5.68. The average molecular weight is 261 g/mol. The fraction of sp³-hybridized carbons (Fsp3) is 0.308. The quantitative estimate of drug-likeness (QED) is 0.808. The number of amides is 2. The van der Waals surface area contributed by atoms with Crippen LogP contribution in [0.15, 0.2) is 24.3 Å². The predicted molar refractivity (Wildman–Crippen MR) is 68.3 cm³/mol. The lowest BCUT2D eigenvalue weighted by atomic mass is 10.2. The molecule has 19 heavy (non-hydrogen) atoms. The summed E-state index contributed by atoms with van der Waals surface area (Å²) in [6.07, 6.45) is 0.287. The van der Waals surface area contributed by atoms with Gasteiger partial charge in [-0.1, -0.05) is 0 Å². The van der Waals surface area contributed by atoms with Crippen molar-refractivity contribution in [2.75, 3.05) is 20.2 Å². The SMILES string of the molecule is CN(CCC#N)C(=O)COc1ccc(C(N)=O)cc1. The number of carbonyl (C=O) groups excluding carboxylic acids is 2. The monoisotopic (exact) mass is 261 g/mol. The number of nitrogens with zero attached hydrogens (tertiary/aromatic N) is 2. The minimum absolute atomic E-state index is 0.113. The van der Waals surface area contributed by atoms with Crippen LogP contribution in [0.25, 0.3) is 0 Å². The lowest BCUT2D eigenvalue weighted by Crippen LogP contribution is -2.32. The van der Waals surface area contributed by atoms with E-state index in [0.29, 0.717) is 17.9 Å². The van der Waals surface area contributed by atoms with Crippen molar-refractivity contribution >= 4 is 11.8 Å². The first kappa shape index (κ1) is 14.5. The maximum absolute atomic E-state index is 11.6. The highest BCUT2D eigenvalue weighted by molar-refractivity contribution is 5.92. The van der Waals surface area contributed by atoms with Crippen LogP contribution >= 0.6 is 0 Å². The second-order valence-electron chi connectivity index (χ2n) is 3.90. The van der Waals surface area contributed by atoms with Crippen molar-refractivity contribution < 1.29 is 14.3 Å². The molecule has 0 atom stereocenters. The molecule has 1 rings (SSSR count). The zero-order valence-electron chi connectivity index (χ0n) is 10.6.